The van der Waals surface area contributed by atoms with Crippen molar-refractivity contribution in [2.45, 2.75) is 42.6 Å². The molecule has 1 fully saturated rings. The molecule has 0 N–H and O–H groups in total. The van der Waals surface area contributed by atoms with Gasteiger partial charge in [-0.25, -0.2) is 13.8 Å². The van der Waals surface area contributed by atoms with E-state index in [4.69, 9.17) is 4.98 Å². The zero-order chi connectivity index (χ0) is 18.1. The molecule has 2 aromatic carbocycles. The molecule has 0 spiro atoms. The molecular formula is C20H18F2N2OS. The van der Waals surface area contributed by atoms with Crippen LogP contribution in [0.2, 0.25) is 0 Å². The highest BCUT2D eigenvalue weighted by atomic mass is 32.2. The molecule has 0 unspecified atom stereocenters. The van der Waals surface area contributed by atoms with Gasteiger partial charge in [0.2, 0.25) is 0 Å². The van der Waals surface area contributed by atoms with Crippen LogP contribution in [-0.4, -0.2) is 9.55 Å². The van der Waals surface area contributed by atoms with E-state index in [1.165, 1.54) is 17.8 Å². The second kappa shape index (κ2) is 7.19. The van der Waals surface area contributed by atoms with E-state index >= 15 is 0 Å². The van der Waals surface area contributed by atoms with Gasteiger partial charge in [-0.05, 0) is 42.7 Å². The van der Waals surface area contributed by atoms with Crippen LogP contribution in [0.3, 0.4) is 0 Å². The van der Waals surface area contributed by atoms with E-state index in [2.05, 4.69) is 0 Å². The van der Waals surface area contributed by atoms with Crippen molar-refractivity contribution < 1.29 is 8.78 Å². The van der Waals surface area contributed by atoms with E-state index in [-0.39, 0.29) is 11.6 Å². The van der Waals surface area contributed by atoms with Crippen LogP contribution in [0.15, 0.2) is 52.4 Å². The third-order valence-electron chi connectivity index (χ3n) is 4.82. The summed E-state index contributed by atoms with van der Waals surface area (Å²) in [6.07, 6.45) is 4.16. The molecule has 1 heterocycles. The van der Waals surface area contributed by atoms with Crippen molar-refractivity contribution in [3.63, 3.8) is 0 Å². The zero-order valence-electron chi connectivity index (χ0n) is 14.1. The van der Waals surface area contributed by atoms with E-state index in [0.29, 0.717) is 27.4 Å². The number of halogens is 2. The number of hydrogen-bond acceptors (Lipinski definition) is 3. The average Bonchev–Trinajstić information content (AvgIpc) is 3.17. The van der Waals surface area contributed by atoms with E-state index in [0.717, 1.165) is 31.7 Å². The van der Waals surface area contributed by atoms with Gasteiger partial charge in [-0.3, -0.25) is 9.36 Å². The lowest BCUT2D eigenvalue weighted by Crippen LogP contribution is -2.26. The Morgan fingerprint density at radius 1 is 1.08 bits per heavy atom. The minimum absolute atomic E-state index is 0.0183. The summed E-state index contributed by atoms with van der Waals surface area (Å²) in [5.74, 6) is -1.29. The predicted molar refractivity (Wildman–Crippen MR) is 99.4 cm³/mol. The predicted octanol–water partition coefficient (Wildman–Crippen LogP) is 5.08. The molecule has 0 saturated heterocycles. The number of nitrogens with zero attached hydrogens (tertiary/aromatic N) is 2. The van der Waals surface area contributed by atoms with Gasteiger partial charge in [-0.2, -0.15) is 0 Å². The quantitative estimate of drug-likeness (QED) is 0.473. The number of thioether (sulfide) groups is 1. The number of rotatable bonds is 4. The van der Waals surface area contributed by atoms with E-state index in [1.54, 1.807) is 16.7 Å². The van der Waals surface area contributed by atoms with Crippen LogP contribution in [0, 0.1) is 11.6 Å². The van der Waals surface area contributed by atoms with Gasteiger partial charge in [0, 0.05) is 11.8 Å². The van der Waals surface area contributed by atoms with Crippen molar-refractivity contribution in [2.75, 3.05) is 0 Å². The van der Waals surface area contributed by atoms with Crippen LogP contribution >= 0.6 is 11.8 Å². The lowest BCUT2D eigenvalue weighted by Gasteiger charge is -2.18. The van der Waals surface area contributed by atoms with Crippen LogP contribution in [0.4, 0.5) is 8.78 Å². The number of fused-ring (bicyclic) bond motifs is 1. The smallest absolute Gasteiger partial charge is 0.262 e. The van der Waals surface area contributed by atoms with Crippen LogP contribution in [0.5, 0.6) is 0 Å². The van der Waals surface area contributed by atoms with Crippen molar-refractivity contribution >= 4 is 22.7 Å². The molecule has 0 radical (unpaired) electrons. The van der Waals surface area contributed by atoms with Gasteiger partial charge in [0.1, 0.15) is 0 Å². The van der Waals surface area contributed by atoms with Gasteiger partial charge in [0.25, 0.3) is 5.56 Å². The molecule has 0 aliphatic heterocycles. The molecule has 3 nitrogen and oxygen atoms in total. The third-order valence-corrected chi connectivity index (χ3v) is 5.84. The van der Waals surface area contributed by atoms with Crippen LogP contribution in [-0.2, 0) is 5.75 Å². The minimum Gasteiger partial charge on any atom is -0.284 e. The van der Waals surface area contributed by atoms with Gasteiger partial charge in [-0.1, -0.05) is 42.8 Å². The third kappa shape index (κ3) is 3.26. The standard InChI is InChI=1S/C20H18F2N2OS/c21-16-10-9-13(11-17(16)22)12-26-20-23-18-8-4-3-7-15(18)19(25)24(20)14-5-1-2-6-14/h3-4,7-11,14H,1-2,5-6,12H2. The Labute approximate surface area is 154 Å². The molecule has 0 bridgehead atoms. The molecule has 1 aliphatic carbocycles. The first-order valence-corrected chi connectivity index (χ1v) is 9.70. The molecule has 4 rings (SSSR count). The Morgan fingerprint density at radius 2 is 1.85 bits per heavy atom. The Balaban J connectivity index is 1.73. The number of hydrogen-bond donors (Lipinski definition) is 0. The van der Waals surface area contributed by atoms with E-state index in [1.807, 2.05) is 18.2 Å². The van der Waals surface area contributed by atoms with Crippen molar-refractivity contribution in [3.8, 4) is 0 Å². The molecule has 134 valence electrons. The molecule has 0 amide bonds. The molecule has 3 aromatic rings. The first-order chi connectivity index (χ1) is 12.6. The second-order valence-corrected chi connectivity index (χ2v) is 7.50. The largest absolute Gasteiger partial charge is 0.284 e. The summed E-state index contributed by atoms with van der Waals surface area (Å²) >= 11 is 1.39. The molecule has 26 heavy (non-hydrogen) atoms. The Morgan fingerprint density at radius 3 is 2.62 bits per heavy atom. The maximum Gasteiger partial charge on any atom is 0.262 e. The molecule has 1 saturated carbocycles. The molecular weight excluding hydrogens is 354 g/mol. The summed E-state index contributed by atoms with van der Waals surface area (Å²) in [6, 6.07) is 11.4. The van der Waals surface area contributed by atoms with E-state index in [9.17, 15) is 13.6 Å². The summed E-state index contributed by atoms with van der Waals surface area (Å²) < 4.78 is 28.4. The highest BCUT2D eigenvalue weighted by Gasteiger charge is 2.23. The van der Waals surface area contributed by atoms with Crippen molar-refractivity contribution in [3.05, 3.63) is 70.0 Å². The fraction of sp³-hybridized carbons (Fsp3) is 0.300. The van der Waals surface area contributed by atoms with Crippen molar-refractivity contribution in [1.82, 2.24) is 9.55 Å². The SMILES string of the molecule is O=c1c2ccccc2nc(SCc2ccc(F)c(F)c2)n1C1CCCC1. The van der Waals surface area contributed by atoms with Gasteiger partial charge in [0.05, 0.1) is 10.9 Å². The first kappa shape index (κ1) is 17.2. The first-order valence-electron chi connectivity index (χ1n) is 8.71. The van der Waals surface area contributed by atoms with Crippen molar-refractivity contribution in [1.29, 1.82) is 0 Å². The Kier molecular flexibility index (Phi) is 4.76. The molecule has 1 aromatic heterocycles. The number of para-hydroxylation sites is 1. The fourth-order valence-corrected chi connectivity index (χ4v) is 4.50. The molecule has 6 heteroatoms. The lowest BCUT2D eigenvalue weighted by atomic mass is 10.2. The average molecular weight is 372 g/mol. The van der Waals surface area contributed by atoms with Crippen LogP contribution in [0.25, 0.3) is 10.9 Å². The Hall–Kier alpha value is -2.21. The normalized spacial score (nSPS) is 15.0. The van der Waals surface area contributed by atoms with Gasteiger partial charge < -0.3 is 0 Å². The monoisotopic (exact) mass is 372 g/mol. The molecule has 1 aliphatic rings. The van der Waals surface area contributed by atoms with Gasteiger partial charge in [0.15, 0.2) is 16.8 Å². The maximum atomic E-state index is 13.4. The second-order valence-electron chi connectivity index (χ2n) is 6.56. The summed E-state index contributed by atoms with van der Waals surface area (Å²) in [4.78, 5) is 17.7. The highest BCUT2D eigenvalue weighted by molar-refractivity contribution is 7.98. The summed E-state index contributed by atoms with van der Waals surface area (Å²) in [7, 11) is 0. The minimum atomic E-state index is -0.859. The fourth-order valence-electron chi connectivity index (χ4n) is 3.49. The van der Waals surface area contributed by atoms with Gasteiger partial charge >= 0.3 is 0 Å². The van der Waals surface area contributed by atoms with Crippen LogP contribution in [0.1, 0.15) is 37.3 Å². The maximum absolute atomic E-state index is 13.4. The topological polar surface area (TPSA) is 34.9 Å². The highest BCUT2D eigenvalue weighted by Crippen LogP contribution is 2.33. The van der Waals surface area contributed by atoms with Gasteiger partial charge in [-0.15, -0.1) is 0 Å². The summed E-state index contributed by atoms with van der Waals surface area (Å²) in [6.45, 7) is 0. The lowest BCUT2D eigenvalue weighted by molar-refractivity contribution is 0.457. The number of benzene rings is 2. The molecule has 0 atom stereocenters. The number of aromatic nitrogens is 2. The van der Waals surface area contributed by atoms with Crippen molar-refractivity contribution in [2.24, 2.45) is 0 Å². The van der Waals surface area contributed by atoms with Crippen LogP contribution < -0.4 is 5.56 Å². The van der Waals surface area contributed by atoms with E-state index < -0.39 is 11.6 Å². The zero-order valence-corrected chi connectivity index (χ0v) is 14.9. The Bertz CT molecular complexity index is 1010. The summed E-state index contributed by atoms with van der Waals surface area (Å²) in [5.41, 5.74) is 1.31. The summed E-state index contributed by atoms with van der Waals surface area (Å²) in [5, 5.41) is 1.27.